The average molecular weight is 1100 g/mol. The molecule has 2 aromatic heterocycles. The van der Waals surface area contributed by atoms with E-state index in [2.05, 4.69) is 0 Å². The first kappa shape index (κ1) is 64.0. The molecule has 0 unspecified atom stereocenters. The molecule has 0 radical (unpaired) electrons. The van der Waals surface area contributed by atoms with Gasteiger partial charge in [-0.3, -0.25) is 0 Å². The molecule has 4 heterocycles. The predicted molar refractivity (Wildman–Crippen MR) is 299 cm³/mol. The van der Waals surface area contributed by atoms with Crippen LogP contribution in [0, 0.1) is 0 Å². The summed E-state index contributed by atoms with van der Waals surface area (Å²) in [6.45, 7) is 34.9. The van der Waals surface area contributed by atoms with Crippen LogP contribution in [-0.2, 0) is 28.4 Å². The first-order valence-corrected chi connectivity index (χ1v) is 27.2. The largest absolute Gasteiger partial charge is 0.444 e. The third-order valence-electron chi connectivity index (χ3n) is 11.4. The highest BCUT2D eigenvalue weighted by Gasteiger charge is 2.33. The lowest BCUT2D eigenvalue weighted by atomic mass is 10.2. The van der Waals surface area contributed by atoms with Crippen LogP contribution < -0.4 is 9.80 Å². The number of aromatic nitrogens is 2. The molecule has 78 heavy (non-hydrogen) atoms. The molecule has 0 aromatic carbocycles. The van der Waals surface area contributed by atoms with Crippen molar-refractivity contribution in [3.05, 3.63) is 36.4 Å². The van der Waals surface area contributed by atoms with E-state index >= 15 is 0 Å². The van der Waals surface area contributed by atoms with Crippen molar-refractivity contribution in [3.63, 3.8) is 0 Å². The fourth-order valence-electron chi connectivity index (χ4n) is 7.82. The predicted octanol–water partition coefficient (Wildman–Crippen LogP) is 9.21. The Labute approximate surface area is 463 Å². The second kappa shape index (κ2) is 26.4. The van der Waals surface area contributed by atoms with Crippen molar-refractivity contribution in [1.29, 1.82) is 0 Å². The van der Waals surface area contributed by atoms with E-state index in [9.17, 15) is 28.8 Å². The van der Waals surface area contributed by atoms with Gasteiger partial charge in [0.15, 0.2) is 0 Å². The molecule has 2 fully saturated rings. The minimum absolute atomic E-state index is 0.105. The quantitative estimate of drug-likeness (QED) is 0.262. The maximum absolute atomic E-state index is 13.8. The standard InChI is InChI=1S/C56H92N10O12/c1-51(2,3)73-45(67)61-29-25-59(26-30-62(46(68)74-52(4,5)6)34-38-65(37-33-61)49(71)77-55(13,14)15)43-23-19-21-41(57-43)42-22-20-24-44(58-42)60-27-31-63(47(69)75-53(7,8)9)35-39-66(50(72)78-56(16,17)18)40-36-64(32-28-60)48(70)76-54(10,11)12/h19-24H,25-40H2,1-18H3. The fourth-order valence-corrected chi connectivity index (χ4v) is 7.82. The molecule has 6 amide bonds. The Hall–Kier alpha value is -6.48. The van der Waals surface area contributed by atoms with Crippen molar-refractivity contribution >= 4 is 48.2 Å². The zero-order valence-electron chi connectivity index (χ0n) is 50.1. The van der Waals surface area contributed by atoms with E-state index in [0.29, 0.717) is 23.0 Å². The molecular weight excluding hydrogens is 1000 g/mol. The van der Waals surface area contributed by atoms with Gasteiger partial charge in [-0.15, -0.1) is 0 Å². The summed E-state index contributed by atoms with van der Waals surface area (Å²) in [6, 6.07) is 11.1. The van der Waals surface area contributed by atoms with Gasteiger partial charge in [-0.05, 0) is 149 Å². The Balaban J connectivity index is 1.75. The molecule has 4 rings (SSSR count). The fraction of sp³-hybridized carbons (Fsp3) is 0.714. The Kier molecular flexibility index (Phi) is 21.7. The molecule has 0 aliphatic carbocycles. The van der Waals surface area contributed by atoms with Gasteiger partial charge in [0.2, 0.25) is 0 Å². The van der Waals surface area contributed by atoms with Crippen molar-refractivity contribution in [2.24, 2.45) is 0 Å². The number of anilines is 2. The lowest BCUT2D eigenvalue weighted by molar-refractivity contribution is 0.00796. The number of nitrogens with zero attached hydrogens (tertiary/aromatic N) is 10. The number of pyridine rings is 2. The normalized spacial score (nSPS) is 16.9. The molecule has 0 N–H and O–H groups in total. The number of ether oxygens (including phenoxy) is 6. The van der Waals surface area contributed by atoms with Crippen LogP contribution >= 0.6 is 0 Å². The summed E-state index contributed by atoms with van der Waals surface area (Å²) in [7, 11) is 0. The van der Waals surface area contributed by atoms with Crippen LogP contribution in [0.3, 0.4) is 0 Å². The highest BCUT2D eigenvalue weighted by molar-refractivity contribution is 5.72. The van der Waals surface area contributed by atoms with E-state index in [-0.39, 0.29) is 105 Å². The molecule has 22 heteroatoms. The first-order chi connectivity index (χ1) is 35.8. The second-order valence-electron chi connectivity index (χ2n) is 25.5. The average Bonchev–Trinajstić information content (AvgIpc) is 3.26. The number of carbonyl (C=O) groups excluding carboxylic acids is 6. The van der Waals surface area contributed by atoms with E-state index in [4.69, 9.17) is 38.4 Å². The Morgan fingerprint density at radius 2 is 0.462 bits per heavy atom. The molecule has 0 atom stereocenters. The van der Waals surface area contributed by atoms with Gasteiger partial charge in [0.05, 0.1) is 11.4 Å². The van der Waals surface area contributed by atoms with Crippen LogP contribution in [-0.4, -0.2) is 214 Å². The molecule has 2 aliphatic heterocycles. The van der Waals surface area contributed by atoms with Crippen LogP contribution in [0.15, 0.2) is 36.4 Å². The molecule has 0 saturated carbocycles. The summed E-state index contributed by atoms with van der Waals surface area (Å²) >= 11 is 0. The number of amides is 6. The van der Waals surface area contributed by atoms with Gasteiger partial charge in [0, 0.05) is 105 Å². The van der Waals surface area contributed by atoms with Crippen LogP contribution in [0.4, 0.5) is 40.4 Å². The Bertz CT molecular complexity index is 2100. The number of hydrogen-bond acceptors (Lipinski definition) is 16. The Morgan fingerprint density at radius 3 is 0.628 bits per heavy atom. The number of carbonyl (C=O) groups is 6. The van der Waals surface area contributed by atoms with Gasteiger partial charge in [-0.2, -0.15) is 0 Å². The molecule has 22 nitrogen and oxygen atoms in total. The number of rotatable bonds is 3. The lowest BCUT2D eigenvalue weighted by Crippen LogP contribution is -2.51. The van der Waals surface area contributed by atoms with Crippen LogP contribution in [0.5, 0.6) is 0 Å². The van der Waals surface area contributed by atoms with Gasteiger partial charge in [0.25, 0.3) is 0 Å². The van der Waals surface area contributed by atoms with E-state index in [1.54, 1.807) is 144 Å². The highest BCUT2D eigenvalue weighted by atomic mass is 16.6. The third kappa shape index (κ3) is 22.8. The van der Waals surface area contributed by atoms with Crippen LogP contribution in [0.2, 0.25) is 0 Å². The van der Waals surface area contributed by atoms with Gasteiger partial charge in [-0.1, -0.05) is 12.1 Å². The first-order valence-electron chi connectivity index (χ1n) is 27.2. The molecule has 0 bridgehead atoms. The van der Waals surface area contributed by atoms with Crippen molar-refractivity contribution in [2.45, 2.75) is 158 Å². The lowest BCUT2D eigenvalue weighted by Gasteiger charge is -2.36. The van der Waals surface area contributed by atoms with Gasteiger partial charge >= 0.3 is 36.6 Å². The smallest absolute Gasteiger partial charge is 0.410 e. The third-order valence-corrected chi connectivity index (χ3v) is 11.4. The maximum Gasteiger partial charge on any atom is 0.410 e. The van der Waals surface area contributed by atoms with Gasteiger partial charge < -0.3 is 67.6 Å². The summed E-state index contributed by atoms with van der Waals surface area (Å²) in [5, 5.41) is 0. The zero-order valence-corrected chi connectivity index (χ0v) is 50.1. The second-order valence-corrected chi connectivity index (χ2v) is 25.5. The summed E-state index contributed by atoms with van der Waals surface area (Å²) in [6.07, 6.45) is -3.33. The van der Waals surface area contributed by atoms with Crippen molar-refractivity contribution in [3.8, 4) is 11.4 Å². The van der Waals surface area contributed by atoms with Crippen LogP contribution in [0.1, 0.15) is 125 Å². The zero-order chi connectivity index (χ0) is 58.6. The summed E-state index contributed by atoms with van der Waals surface area (Å²) in [5.74, 6) is 1.10. The van der Waals surface area contributed by atoms with Crippen LogP contribution in [0.25, 0.3) is 11.4 Å². The van der Waals surface area contributed by atoms with Crippen molar-refractivity contribution in [2.75, 3.05) is 115 Å². The van der Waals surface area contributed by atoms with E-state index in [1.807, 2.05) is 46.2 Å². The molecule has 0 spiro atoms. The minimum atomic E-state index is -0.791. The van der Waals surface area contributed by atoms with Crippen molar-refractivity contribution < 1.29 is 57.2 Å². The molecule has 2 saturated heterocycles. The topological polar surface area (TPSA) is 209 Å². The van der Waals surface area contributed by atoms with Gasteiger partial charge in [0.1, 0.15) is 45.2 Å². The number of hydrogen-bond donors (Lipinski definition) is 0. The van der Waals surface area contributed by atoms with Gasteiger partial charge in [-0.25, -0.2) is 38.7 Å². The SMILES string of the molecule is CC(C)(C)OC(=O)N1CCN(C(=O)OC(C)(C)C)CCN(c2cccc(-c3cccc(N4CCN(C(=O)OC(C)(C)C)CCN(C(=O)OC(C)(C)C)CCN(C(=O)OC(C)(C)C)CC4)n3)n2)CCN(C(=O)OC(C)(C)C)CC1. The summed E-state index contributed by atoms with van der Waals surface area (Å²) in [4.78, 5) is 106. The van der Waals surface area contributed by atoms with Crippen molar-refractivity contribution in [1.82, 2.24) is 39.4 Å². The monoisotopic (exact) mass is 1100 g/mol. The summed E-state index contributed by atoms with van der Waals surface area (Å²) < 4.78 is 35.0. The summed E-state index contributed by atoms with van der Waals surface area (Å²) in [5.41, 5.74) is -3.67. The maximum atomic E-state index is 13.8. The van der Waals surface area contributed by atoms with E-state index in [0.717, 1.165) is 0 Å². The highest BCUT2D eigenvalue weighted by Crippen LogP contribution is 2.25. The molecule has 2 aromatic rings. The molecular formula is C56H92N10O12. The van der Waals surface area contributed by atoms with E-state index < -0.39 is 70.2 Å². The molecule has 2 aliphatic rings. The Morgan fingerprint density at radius 1 is 0.295 bits per heavy atom. The minimum Gasteiger partial charge on any atom is -0.444 e. The molecule has 438 valence electrons. The van der Waals surface area contributed by atoms with E-state index in [1.165, 1.54) is 9.80 Å².